The van der Waals surface area contributed by atoms with Gasteiger partial charge in [-0.25, -0.2) is 0 Å². The van der Waals surface area contributed by atoms with E-state index >= 15 is 0 Å². The number of hydrogen-bond donors (Lipinski definition) is 3. The summed E-state index contributed by atoms with van der Waals surface area (Å²) in [6.07, 6.45) is 5.61. The van der Waals surface area contributed by atoms with Gasteiger partial charge in [0.25, 0.3) is 5.56 Å². The van der Waals surface area contributed by atoms with Crippen molar-refractivity contribution in [3.8, 4) is 17.2 Å². The number of ether oxygens (including phenoxy) is 1. The molecule has 1 fully saturated rings. The molecular formula is C24H31NO6. The molecule has 0 saturated heterocycles. The summed E-state index contributed by atoms with van der Waals surface area (Å²) in [6, 6.07) is 6.16. The first-order valence-electron chi connectivity index (χ1n) is 10.8. The second-order valence-corrected chi connectivity index (χ2v) is 8.40. The Morgan fingerprint density at radius 3 is 2.45 bits per heavy atom. The van der Waals surface area contributed by atoms with E-state index in [1.807, 2.05) is 0 Å². The Bertz CT molecular complexity index is 990. The van der Waals surface area contributed by atoms with Gasteiger partial charge in [-0.2, -0.15) is 0 Å². The smallest absolute Gasteiger partial charge is 0.306 e. The Kier molecular flexibility index (Phi) is 7.25. The molecule has 1 aromatic carbocycles. The third kappa shape index (κ3) is 5.21. The Labute approximate surface area is 181 Å². The van der Waals surface area contributed by atoms with E-state index in [2.05, 4.69) is 0 Å². The van der Waals surface area contributed by atoms with Gasteiger partial charge in [-0.15, -0.1) is 0 Å². The number of benzene rings is 1. The third-order valence-corrected chi connectivity index (χ3v) is 6.39. The van der Waals surface area contributed by atoms with E-state index < -0.39 is 0 Å². The molecule has 1 aliphatic rings. The second kappa shape index (κ2) is 9.90. The van der Waals surface area contributed by atoms with Crippen molar-refractivity contribution < 1.29 is 24.9 Å². The van der Waals surface area contributed by atoms with Crippen LogP contribution < -0.4 is 5.56 Å². The molecule has 0 amide bonds. The van der Waals surface area contributed by atoms with Crippen LogP contribution in [-0.2, 0) is 22.5 Å². The van der Waals surface area contributed by atoms with E-state index in [0.29, 0.717) is 18.7 Å². The van der Waals surface area contributed by atoms with Crippen molar-refractivity contribution in [2.45, 2.75) is 64.3 Å². The number of rotatable bonds is 7. The van der Waals surface area contributed by atoms with Gasteiger partial charge in [0.05, 0.1) is 19.1 Å². The number of carbonyl (C=O) groups is 1. The van der Waals surface area contributed by atoms with Gasteiger partial charge in [-0.05, 0) is 55.9 Å². The minimum absolute atomic E-state index is 0.0683. The Morgan fingerprint density at radius 1 is 1.10 bits per heavy atom. The predicted octanol–water partition coefficient (Wildman–Crippen LogP) is 3.74. The Balaban J connectivity index is 1.95. The van der Waals surface area contributed by atoms with Crippen LogP contribution in [0.2, 0.25) is 0 Å². The highest BCUT2D eigenvalue weighted by Crippen LogP contribution is 2.40. The number of nitrogens with zero attached hydrogens (tertiary/aromatic N) is 1. The molecule has 31 heavy (non-hydrogen) atoms. The lowest BCUT2D eigenvalue weighted by Gasteiger charge is -2.30. The van der Waals surface area contributed by atoms with Crippen molar-refractivity contribution in [3.63, 3.8) is 0 Å². The fourth-order valence-electron chi connectivity index (χ4n) is 4.66. The van der Waals surface area contributed by atoms with Crippen LogP contribution in [-0.4, -0.2) is 33.0 Å². The summed E-state index contributed by atoms with van der Waals surface area (Å²) in [4.78, 5) is 25.6. The minimum atomic E-state index is -0.388. The quantitative estimate of drug-likeness (QED) is 0.457. The van der Waals surface area contributed by atoms with Gasteiger partial charge in [0.2, 0.25) is 0 Å². The number of aromatic hydroxyl groups is 3. The van der Waals surface area contributed by atoms with Gasteiger partial charge >= 0.3 is 5.97 Å². The number of esters is 1. The molecule has 1 unspecified atom stereocenters. The SMILES string of the molecule is COC(=O)CC(c1c(O)cc(C)n(CCc2ccc(O)c(O)c2)c1=O)C1CCCCC1. The predicted molar refractivity (Wildman–Crippen MR) is 117 cm³/mol. The molecule has 168 valence electrons. The number of phenols is 2. The fourth-order valence-corrected chi connectivity index (χ4v) is 4.66. The molecule has 7 heteroatoms. The van der Waals surface area contributed by atoms with Crippen LogP contribution in [0.4, 0.5) is 0 Å². The van der Waals surface area contributed by atoms with Crippen LogP contribution in [0.25, 0.3) is 0 Å². The molecule has 1 aliphatic carbocycles. The summed E-state index contributed by atoms with van der Waals surface area (Å²) >= 11 is 0. The summed E-state index contributed by atoms with van der Waals surface area (Å²) in [7, 11) is 1.33. The third-order valence-electron chi connectivity index (χ3n) is 6.39. The molecule has 0 aliphatic heterocycles. The van der Waals surface area contributed by atoms with Crippen molar-refractivity contribution in [2.75, 3.05) is 7.11 Å². The summed E-state index contributed by atoms with van der Waals surface area (Å²) in [5.41, 5.74) is 1.39. The van der Waals surface area contributed by atoms with E-state index in [0.717, 1.165) is 37.7 Å². The minimum Gasteiger partial charge on any atom is -0.507 e. The molecule has 2 aromatic rings. The van der Waals surface area contributed by atoms with Gasteiger partial charge in [0.1, 0.15) is 5.75 Å². The summed E-state index contributed by atoms with van der Waals surface area (Å²) in [6.45, 7) is 2.10. The topological polar surface area (TPSA) is 109 Å². The molecule has 0 spiro atoms. The number of carbonyl (C=O) groups excluding carboxylic acids is 1. The summed E-state index contributed by atoms with van der Waals surface area (Å²) in [5, 5.41) is 29.9. The molecule has 3 N–H and O–H groups in total. The van der Waals surface area contributed by atoms with Crippen molar-refractivity contribution in [1.29, 1.82) is 0 Å². The van der Waals surface area contributed by atoms with Gasteiger partial charge in [0.15, 0.2) is 11.5 Å². The molecule has 1 heterocycles. The number of methoxy groups -OCH3 is 1. The second-order valence-electron chi connectivity index (χ2n) is 8.40. The monoisotopic (exact) mass is 429 g/mol. The normalized spacial score (nSPS) is 15.5. The van der Waals surface area contributed by atoms with Crippen LogP contribution in [0.3, 0.4) is 0 Å². The highest BCUT2D eigenvalue weighted by molar-refractivity contribution is 5.70. The number of aryl methyl sites for hydroxylation is 2. The van der Waals surface area contributed by atoms with E-state index in [4.69, 9.17) is 4.74 Å². The van der Waals surface area contributed by atoms with Crippen molar-refractivity contribution >= 4 is 5.97 Å². The lowest BCUT2D eigenvalue weighted by Crippen LogP contribution is -2.31. The highest BCUT2D eigenvalue weighted by atomic mass is 16.5. The first-order valence-corrected chi connectivity index (χ1v) is 10.8. The van der Waals surface area contributed by atoms with E-state index in [1.54, 1.807) is 23.6 Å². The van der Waals surface area contributed by atoms with Crippen LogP contribution in [0.5, 0.6) is 17.2 Å². The number of pyridine rings is 1. The van der Waals surface area contributed by atoms with Gasteiger partial charge in [-0.3, -0.25) is 9.59 Å². The van der Waals surface area contributed by atoms with Crippen LogP contribution in [0.1, 0.15) is 61.3 Å². The standard InChI is InChI=1S/C24H31NO6/c1-15-12-21(28)23(18(14-22(29)31-2)17-6-4-3-5-7-17)24(30)25(15)11-10-16-8-9-19(26)20(27)13-16/h8-9,12-13,17-18,26-28H,3-7,10-11,14H2,1-2H3. The zero-order valence-electron chi connectivity index (χ0n) is 18.1. The number of phenolic OH excluding ortho intramolecular Hbond substituents is 2. The Hall–Kier alpha value is -2.96. The van der Waals surface area contributed by atoms with Crippen LogP contribution in [0.15, 0.2) is 29.1 Å². The fraction of sp³-hybridized carbons (Fsp3) is 0.500. The zero-order valence-corrected chi connectivity index (χ0v) is 18.1. The van der Waals surface area contributed by atoms with Gasteiger partial charge in [0, 0.05) is 18.2 Å². The number of hydrogen-bond acceptors (Lipinski definition) is 6. The van der Waals surface area contributed by atoms with E-state index in [-0.39, 0.29) is 52.6 Å². The van der Waals surface area contributed by atoms with Crippen molar-refractivity contribution in [1.82, 2.24) is 4.57 Å². The zero-order chi connectivity index (χ0) is 22.5. The lowest BCUT2D eigenvalue weighted by molar-refractivity contribution is -0.141. The summed E-state index contributed by atoms with van der Waals surface area (Å²) < 4.78 is 6.48. The van der Waals surface area contributed by atoms with Crippen LogP contribution in [0, 0.1) is 12.8 Å². The maximum atomic E-state index is 13.5. The molecule has 1 aromatic heterocycles. The molecule has 0 radical (unpaired) electrons. The average Bonchev–Trinajstić information content (AvgIpc) is 2.75. The van der Waals surface area contributed by atoms with Gasteiger partial charge < -0.3 is 24.6 Å². The molecule has 1 saturated carbocycles. The van der Waals surface area contributed by atoms with E-state index in [1.165, 1.54) is 19.2 Å². The largest absolute Gasteiger partial charge is 0.507 e. The molecular weight excluding hydrogens is 398 g/mol. The maximum Gasteiger partial charge on any atom is 0.306 e. The first-order chi connectivity index (χ1) is 14.8. The number of aromatic nitrogens is 1. The van der Waals surface area contributed by atoms with Crippen molar-refractivity contribution in [3.05, 3.63) is 51.4 Å². The molecule has 7 nitrogen and oxygen atoms in total. The lowest BCUT2D eigenvalue weighted by atomic mass is 9.75. The summed E-state index contributed by atoms with van der Waals surface area (Å²) in [5.74, 6) is -1.09. The Morgan fingerprint density at radius 2 is 1.81 bits per heavy atom. The molecule has 3 rings (SSSR count). The van der Waals surface area contributed by atoms with E-state index in [9.17, 15) is 24.9 Å². The van der Waals surface area contributed by atoms with Crippen LogP contribution >= 0.6 is 0 Å². The first kappa shape index (κ1) is 22.7. The molecule has 1 atom stereocenters. The van der Waals surface area contributed by atoms with Crippen molar-refractivity contribution in [2.24, 2.45) is 5.92 Å². The maximum absolute atomic E-state index is 13.5. The molecule has 0 bridgehead atoms. The highest BCUT2D eigenvalue weighted by Gasteiger charge is 2.32. The van der Waals surface area contributed by atoms with Gasteiger partial charge in [-0.1, -0.05) is 25.3 Å². The average molecular weight is 430 g/mol.